The van der Waals surface area contributed by atoms with Crippen LogP contribution in [0.4, 0.5) is 0 Å². The maximum Gasteiger partial charge on any atom is 0.339 e. The molecule has 1 aliphatic heterocycles. The summed E-state index contributed by atoms with van der Waals surface area (Å²) in [6, 6.07) is 1.33. The van der Waals surface area contributed by atoms with Crippen molar-refractivity contribution < 1.29 is 19.1 Å². The van der Waals surface area contributed by atoms with E-state index in [4.69, 9.17) is 9.52 Å². The molecule has 0 aromatic carbocycles. The summed E-state index contributed by atoms with van der Waals surface area (Å²) >= 11 is 0. The lowest BCUT2D eigenvalue weighted by molar-refractivity contribution is 0.0692. The Hall–Kier alpha value is -2.04. The first-order chi connectivity index (χ1) is 9.02. The van der Waals surface area contributed by atoms with E-state index < -0.39 is 5.97 Å². The fourth-order valence-corrected chi connectivity index (χ4v) is 2.09. The predicted octanol–water partition coefficient (Wildman–Crippen LogP) is 2.33. The van der Waals surface area contributed by atoms with Crippen molar-refractivity contribution in [2.24, 2.45) is 0 Å². The molecule has 1 aromatic rings. The number of hydrogen-bond donors (Lipinski definition) is 1. The first kappa shape index (κ1) is 13.4. The van der Waals surface area contributed by atoms with E-state index in [0.717, 1.165) is 6.42 Å². The maximum absolute atomic E-state index is 12.2. The van der Waals surface area contributed by atoms with Crippen molar-refractivity contribution in [1.82, 2.24) is 4.90 Å². The van der Waals surface area contributed by atoms with E-state index in [-0.39, 0.29) is 17.2 Å². The average Bonchev–Trinajstić information content (AvgIpc) is 2.83. The molecule has 1 amide bonds. The molecule has 0 atom stereocenters. The third kappa shape index (κ3) is 2.70. The molecule has 5 nitrogen and oxygen atoms in total. The minimum Gasteiger partial charge on any atom is -0.478 e. The van der Waals surface area contributed by atoms with Crippen LogP contribution in [0, 0.1) is 0 Å². The largest absolute Gasteiger partial charge is 0.478 e. The summed E-state index contributed by atoms with van der Waals surface area (Å²) < 4.78 is 5.37. The number of carboxylic acid groups (broad SMARTS) is 1. The Labute approximate surface area is 111 Å². The van der Waals surface area contributed by atoms with E-state index in [1.54, 1.807) is 11.8 Å². The van der Waals surface area contributed by atoms with E-state index in [9.17, 15) is 9.59 Å². The molecule has 0 saturated carbocycles. The summed E-state index contributed by atoms with van der Waals surface area (Å²) in [4.78, 5) is 24.9. The van der Waals surface area contributed by atoms with Crippen LogP contribution in [-0.2, 0) is 6.42 Å². The molecule has 102 valence electrons. The molecule has 1 aliphatic rings. The molecule has 5 heteroatoms. The molecule has 0 aliphatic carbocycles. The molecule has 0 radical (unpaired) electrons. The van der Waals surface area contributed by atoms with Gasteiger partial charge in [-0.1, -0.05) is 18.6 Å². The highest BCUT2D eigenvalue weighted by atomic mass is 16.4. The summed E-state index contributed by atoms with van der Waals surface area (Å²) in [7, 11) is 0. The Bertz CT molecular complexity index is 542. The minimum absolute atomic E-state index is 0.0783. The van der Waals surface area contributed by atoms with E-state index in [1.807, 2.05) is 13.0 Å². The van der Waals surface area contributed by atoms with Crippen LogP contribution in [0.15, 0.2) is 22.1 Å². The molecule has 2 rings (SSSR count). The predicted molar refractivity (Wildman–Crippen MR) is 69.3 cm³/mol. The van der Waals surface area contributed by atoms with Gasteiger partial charge in [0.15, 0.2) is 5.76 Å². The molecule has 0 unspecified atom stereocenters. The SMILES string of the molecule is CCc1oc(C(=O)N2CC=C(C)CC2)cc1C(=O)O. The van der Waals surface area contributed by atoms with Crippen molar-refractivity contribution in [2.45, 2.75) is 26.7 Å². The highest BCUT2D eigenvalue weighted by molar-refractivity contribution is 5.96. The second-order valence-corrected chi connectivity index (χ2v) is 4.66. The number of carbonyl (C=O) groups is 2. The zero-order valence-corrected chi connectivity index (χ0v) is 11.1. The number of rotatable bonds is 3. The molecule has 19 heavy (non-hydrogen) atoms. The average molecular weight is 263 g/mol. The van der Waals surface area contributed by atoms with Crippen LogP contribution < -0.4 is 0 Å². The van der Waals surface area contributed by atoms with Gasteiger partial charge in [0.05, 0.1) is 0 Å². The van der Waals surface area contributed by atoms with Gasteiger partial charge in [-0.3, -0.25) is 4.79 Å². The highest BCUT2D eigenvalue weighted by Crippen LogP contribution is 2.20. The number of amides is 1. The maximum atomic E-state index is 12.2. The molecular weight excluding hydrogens is 246 g/mol. The second kappa shape index (κ2) is 5.30. The van der Waals surface area contributed by atoms with Gasteiger partial charge < -0.3 is 14.4 Å². The third-order valence-corrected chi connectivity index (χ3v) is 3.29. The first-order valence-electron chi connectivity index (χ1n) is 6.33. The van der Waals surface area contributed by atoms with Crippen molar-refractivity contribution in [1.29, 1.82) is 0 Å². The number of carboxylic acids is 1. The van der Waals surface area contributed by atoms with Crippen molar-refractivity contribution in [2.75, 3.05) is 13.1 Å². The molecule has 1 aromatic heterocycles. The summed E-state index contributed by atoms with van der Waals surface area (Å²) in [6.45, 7) is 5.03. The first-order valence-corrected chi connectivity index (χ1v) is 6.33. The van der Waals surface area contributed by atoms with Gasteiger partial charge in [0.25, 0.3) is 5.91 Å². The lowest BCUT2D eigenvalue weighted by Crippen LogP contribution is -2.34. The van der Waals surface area contributed by atoms with E-state index in [0.29, 0.717) is 25.3 Å². The topological polar surface area (TPSA) is 70.8 Å². The Morgan fingerprint density at radius 2 is 2.21 bits per heavy atom. The second-order valence-electron chi connectivity index (χ2n) is 4.66. The summed E-state index contributed by atoms with van der Waals surface area (Å²) in [5.41, 5.74) is 1.35. The molecular formula is C14H17NO4. The Morgan fingerprint density at radius 1 is 1.47 bits per heavy atom. The standard InChI is InChI=1S/C14H17NO4/c1-3-11-10(14(17)18)8-12(19-11)13(16)15-6-4-9(2)5-7-15/h4,8H,3,5-7H2,1-2H3,(H,17,18). The van der Waals surface area contributed by atoms with E-state index in [2.05, 4.69) is 0 Å². The molecule has 0 fully saturated rings. The lowest BCUT2D eigenvalue weighted by Gasteiger charge is -2.24. The number of nitrogens with zero attached hydrogens (tertiary/aromatic N) is 1. The molecule has 0 spiro atoms. The van der Waals surface area contributed by atoms with Crippen LogP contribution in [0.25, 0.3) is 0 Å². The van der Waals surface area contributed by atoms with Crippen LogP contribution in [0.1, 0.15) is 46.9 Å². The molecule has 1 N–H and O–H groups in total. The normalized spacial score (nSPS) is 15.3. The fourth-order valence-electron chi connectivity index (χ4n) is 2.09. The Kier molecular flexibility index (Phi) is 3.74. The lowest BCUT2D eigenvalue weighted by atomic mass is 10.1. The zero-order chi connectivity index (χ0) is 14.0. The van der Waals surface area contributed by atoms with Gasteiger partial charge >= 0.3 is 5.97 Å². The van der Waals surface area contributed by atoms with Crippen molar-refractivity contribution >= 4 is 11.9 Å². The van der Waals surface area contributed by atoms with Crippen LogP contribution >= 0.6 is 0 Å². The van der Waals surface area contributed by atoms with Gasteiger partial charge in [0.2, 0.25) is 0 Å². The van der Waals surface area contributed by atoms with Crippen LogP contribution in [-0.4, -0.2) is 35.0 Å². The van der Waals surface area contributed by atoms with Crippen LogP contribution in [0.5, 0.6) is 0 Å². The number of carbonyl (C=O) groups excluding carboxylic acids is 1. The van der Waals surface area contributed by atoms with Gasteiger partial charge in [0, 0.05) is 25.6 Å². The number of aromatic carboxylic acids is 1. The molecule has 0 bridgehead atoms. The van der Waals surface area contributed by atoms with Gasteiger partial charge in [-0.15, -0.1) is 0 Å². The highest BCUT2D eigenvalue weighted by Gasteiger charge is 2.24. The fraction of sp³-hybridized carbons (Fsp3) is 0.429. The van der Waals surface area contributed by atoms with Crippen LogP contribution in [0.3, 0.4) is 0 Å². The summed E-state index contributed by atoms with van der Waals surface area (Å²) in [5.74, 6) is -0.846. The van der Waals surface area contributed by atoms with Crippen molar-refractivity contribution in [3.8, 4) is 0 Å². The van der Waals surface area contributed by atoms with E-state index >= 15 is 0 Å². The van der Waals surface area contributed by atoms with Gasteiger partial charge in [-0.2, -0.15) is 0 Å². The minimum atomic E-state index is -1.06. The summed E-state index contributed by atoms with van der Waals surface area (Å²) in [5, 5.41) is 9.04. The Morgan fingerprint density at radius 3 is 2.68 bits per heavy atom. The van der Waals surface area contributed by atoms with E-state index in [1.165, 1.54) is 11.6 Å². The van der Waals surface area contributed by atoms with Crippen molar-refractivity contribution in [3.05, 3.63) is 34.8 Å². The van der Waals surface area contributed by atoms with Crippen LogP contribution in [0.2, 0.25) is 0 Å². The molecule has 0 saturated heterocycles. The van der Waals surface area contributed by atoms with Gasteiger partial charge in [-0.05, 0) is 13.3 Å². The number of hydrogen-bond acceptors (Lipinski definition) is 3. The monoisotopic (exact) mass is 263 g/mol. The zero-order valence-electron chi connectivity index (χ0n) is 11.1. The smallest absolute Gasteiger partial charge is 0.339 e. The third-order valence-electron chi connectivity index (χ3n) is 3.29. The summed E-state index contributed by atoms with van der Waals surface area (Å²) in [6.07, 6.45) is 3.30. The van der Waals surface area contributed by atoms with Crippen molar-refractivity contribution in [3.63, 3.8) is 0 Å². The molecule has 2 heterocycles. The Balaban J connectivity index is 2.22. The van der Waals surface area contributed by atoms with Gasteiger partial charge in [-0.25, -0.2) is 4.79 Å². The number of furan rings is 1. The quantitative estimate of drug-likeness (QED) is 0.850. The number of aryl methyl sites for hydroxylation is 1. The van der Waals surface area contributed by atoms with Gasteiger partial charge in [0.1, 0.15) is 11.3 Å².